The van der Waals surface area contributed by atoms with Crippen LogP contribution in [-0.4, -0.2) is 69.6 Å². The van der Waals surface area contributed by atoms with Crippen molar-refractivity contribution >= 4 is 16.0 Å². The van der Waals surface area contributed by atoms with E-state index in [2.05, 4.69) is 52.5 Å². The number of nitrogens with one attached hydrogen (secondary N) is 1. The molecule has 0 saturated carbocycles. The van der Waals surface area contributed by atoms with Crippen LogP contribution in [0, 0.1) is 11.8 Å². The van der Waals surface area contributed by atoms with Crippen molar-refractivity contribution in [3.05, 3.63) is 35.9 Å². The van der Waals surface area contributed by atoms with Crippen LogP contribution in [0.15, 0.2) is 35.3 Å². The van der Waals surface area contributed by atoms with E-state index in [1.807, 2.05) is 7.05 Å². The molecule has 0 aliphatic carbocycles. The lowest BCUT2D eigenvalue weighted by molar-refractivity contribution is 0.215. The van der Waals surface area contributed by atoms with Crippen molar-refractivity contribution in [1.29, 1.82) is 0 Å². The maximum absolute atomic E-state index is 11.7. The van der Waals surface area contributed by atoms with Gasteiger partial charge in [-0.15, -0.1) is 0 Å². The summed E-state index contributed by atoms with van der Waals surface area (Å²) in [5, 5.41) is 3.51. The Labute approximate surface area is 170 Å². The molecule has 2 saturated heterocycles. The molecule has 3 atom stereocenters. The molecule has 2 fully saturated rings. The quantitative estimate of drug-likeness (QED) is 0.602. The molecule has 2 heterocycles. The van der Waals surface area contributed by atoms with Crippen molar-refractivity contribution in [2.45, 2.75) is 32.1 Å². The molecule has 0 aromatic heterocycles. The highest BCUT2D eigenvalue weighted by molar-refractivity contribution is 7.88. The monoisotopic (exact) mass is 406 g/mol. The highest BCUT2D eigenvalue weighted by Gasteiger charge is 2.32. The van der Waals surface area contributed by atoms with Gasteiger partial charge in [-0.3, -0.25) is 4.99 Å². The number of hydrogen-bond acceptors (Lipinski definition) is 3. The molecular weight excluding hydrogens is 372 g/mol. The van der Waals surface area contributed by atoms with E-state index in [-0.39, 0.29) is 0 Å². The van der Waals surface area contributed by atoms with Crippen LogP contribution in [0.2, 0.25) is 0 Å². The van der Waals surface area contributed by atoms with E-state index in [4.69, 9.17) is 0 Å². The lowest BCUT2D eigenvalue weighted by Gasteiger charge is -2.40. The first-order valence-corrected chi connectivity index (χ1v) is 12.2. The largest absolute Gasteiger partial charge is 0.356 e. The zero-order chi connectivity index (χ0) is 20.1. The number of rotatable bonds is 5. The summed E-state index contributed by atoms with van der Waals surface area (Å²) in [5.74, 6) is 2.51. The maximum atomic E-state index is 11.7. The third-order valence-corrected chi connectivity index (χ3v) is 7.53. The maximum Gasteiger partial charge on any atom is 0.211 e. The smallest absolute Gasteiger partial charge is 0.211 e. The second-order valence-corrected chi connectivity index (χ2v) is 10.1. The summed E-state index contributed by atoms with van der Waals surface area (Å²) in [7, 11) is -1.24. The van der Waals surface area contributed by atoms with Crippen molar-refractivity contribution in [1.82, 2.24) is 14.5 Å². The van der Waals surface area contributed by atoms with Crippen LogP contribution in [0.25, 0.3) is 0 Å². The van der Waals surface area contributed by atoms with Crippen molar-refractivity contribution in [2.75, 3.05) is 46.0 Å². The Morgan fingerprint density at radius 1 is 1.18 bits per heavy atom. The topological polar surface area (TPSA) is 65.0 Å². The Balaban J connectivity index is 1.56. The van der Waals surface area contributed by atoms with Gasteiger partial charge in [-0.1, -0.05) is 43.7 Å². The van der Waals surface area contributed by atoms with E-state index in [1.54, 1.807) is 4.31 Å². The van der Waals surface area contributed by atoms with Gasteiger partial charge in [0.25, 0.3) is 0 Å². The minimum absolute atomic E-state index is 0.343. The number of hydrogen-bond donors (Lipinski definition) is 1. The zero-order valence-corrected chi connectivity index (χ0v) is 18.2. The molecular formula is C21H34N4O2S. The van der Waals surface area contributed by atoms with E-state index >= 15 is 0 Å². The van der Waals surface area contributed by atoms with Gasteiger partial charge in [0.1, 0.15) is 0 Å². The number of benzene rings is 1. The van der Waals surface area contributed by atoms with Crippen LogP contribution in [-0.2, 0) is 10.0 Å². The van der Waals surface area contributed by atoms with Crippen LogP contribution in [0.1, 0.15) is 37.7 Å². The van der Waals surface area contributed by atoms with Gasteiger partial charge in [0, 0.05) is 39.8 Å². The van der Waals surface area contributed by atoms with Gasteiger partial charge in [-0.05, 0) is 36.2 Å². The Morgan fingerprint density at radius 3 is 2.54 bits per heavy atom. The zero-order valence-electron chi connectivity index (χ0n) is 17.3. The number of guanidine groups is 1. The fraction of sp³-hybridized carbons (Fsp3) is 0.667. The van der Waals surface area contributed by atoms with Crippen LogP contribution in [0.4, 0.5) is 0 Å². The van der Waals surface area contributed by atoms with Gasteiger partial charge in [0.2, 0.25) is 10.0 Å². The Hall–Kier alpha value is -1.60. The number of piperidine rings is 1. The standard InChI is InChI=1S/C21H34N4O2S/c1-4-18-16-24(12-11-20(18)19-8-6-5-7-9-19)21(22-2)23-14-17-10-13-25(15-17)28(3,26)27/h5-9,17-18,20H,4,10-16H2,1-3H3,(H,22,23). The number of sulfonamides is 1. The molecule has 0 spiro atoms. The summed E-state index contributed by atoms with van der Waals surface area (Å²) >= 11 is 0. The highest BCUT2D eigenvalue weighted by atomic mass is 32.2. The van der Waals surface area contributed by atoms with Gasteiger partial charge in [-0.25, -0.2) is 12.7 Å². The minimum Gasteiger partial charge on any atom is -0.356 e. The van der Waals surface area contributed by atoms with Crippen LogP contribution in [0.5, 0.6) is 0 Å². The molecule has 28 heavy (non-hydrogen) atoms. The lowest BCUT2D eigenvalue weighted by atomic mass is 9.79. The molecule has 156 valence electrons. The molecule has 2 aliphatic heterocycles. The van der Waals surface area contributed by atoms with Gasteiger partial charge in [0.05, 0.1) is 6.26 Å². The van der Waals surface area contributed by atoms with E-state index in [0.717, 1.165) is 44.9 Å². The lowest BCUT2D eigenvalue weighted by Crippen LogP contribution is -2.49. The first kappa shape index (κ1) is 21.1. The molecule has 3 rings (SSSR count). The second-order valence-electron chi connectivity index (χ2n) is 8.12. The minimum atomic E-state index is -3.08. The normalized spacial score (nSPS) is 27.2. The molecule has 2 aliphatic rings. The predicted molar refractivity (Wildman–Crippen MR) is 115 cm³/mol. The van der Waals surface area contributed by atoms with Crippen molar-refractivity contribution in [3.8, 4) is 0 Å². The molecule has 1 aromatic carbocycles. The van der Waals surface area contributed by atoms with Crippen molar-refractivity contribution < 1.29 is 8.42 Å². The first-order valence-electron chi connectivity index (χ1n) is 10.4. The summed E-state index contributed by atoms with van der Waals surface area (Å²) in [6, 6.07) is 10.9. The summed E-state index contributed by atoms with van der Waals surface area (Å²) in [5.41, 5.74) is 1.45. The average Bonchev–Trinajstić information content (AvgIpc) is 3.18. The summed E-state index contributed by atoms with van der Waals surface area (Å²) in [6.45, 7) is 6.29. The number of aliphatic imine (C=N–C) groups is 1. The number of likely N-dealkylation sites (tertiary alicyclic amines) is 1. The first-order chi connectivity index (χ1) is 13.4. The third kappa shape index (κ3) is 5.06. The molecule has 3 unspecified atom stereocenters. The van der Waals surface area contributed by atoms with Crippen molar-refractivity contribution in [3.63, 3.8) is 0 Å². The van der Waals surface area contributed by atoms with Crippen LogP contribution in [0.3, 0.4) is 0 Å². The van der Waals surface area contributed by atoms with E-state index in [9.17, 15) is 8.42 Å². The van der Waals surface area contributed by atoms with Gasteiger partial charge in [0.15, 0.2) is 5.96 Å². The average molecular weight is 407 g/mol. The SMILES string of the molecule is CCC1CN(C(=NC)NCC2CCN(S(C)(=O)=O)C2)CCC1c1ccccc1. The molecule has 1 N–H and O–H groups in total. The molecule has 0 amide bonds. The van der Waals surface area contributed by atoms with Crippen LogP contribution >= 0.6 is 0 Å². The summed E-state index contributed by atoms with van der Waals surface area (Å²) in [6.07, 6.45) is 4.49. The third-order valence-electron chi connectivity index (χ3n) is 6.26. The molecule has 6 nitrogen and oxygen atoms in total. The number of nitrogens with zero attached hydrogens (tertiary/aromatic N) is 3. The molecule has 1 aromatic rings. The molecule has 7 heteroatoms. The fourth-order valence-electron chi connectivity index (χ4n) is 4.61. The Morgan fingerprint density at radius 2 is 1.93 bits per heavy atom. The molecule has 0 radical (unpaired) electrons. The highest BCUT2D eigenvalue weighted by Crippen LogP contribution is 2.34. The Bertz CT molecular complexity index is 766. The van der Waals surface area contributed by atoms with E-state index in [0.29, 0.717) is 30.8 Å². The van der Waals surface area contributed by atoms with Gasteiger partial charge >= 0.3 is 0 Å². The van der Waals surface area contributed by atoms with Crippen LogP contribution < -0.4 is 5.32 Å². The van der Waals surface area contributed by atoms with E-state index in [1.165, 1.54) is 11.8 Å². The summed E-state index contributed by atoms with van der Waals surface area (Å²) in [4.78, 5) is 6.88. The van der Waals surface area contributed by atoms with E-state index < -0.39 is 10.0 Å². The Kier molecular flexibility index (Phi) is 6.99. The fourth-order valence-corrected chi connectivity index (χ4v) is 5.53. The van der Waals surface area contributed by atoms with Gasteiger partial charge < -0.3 is 10.2 Å². The predicted octanol–water partition coefficient (Wildman–Crippen LogP) is 2.36. The van der Waals surface area contributed by atoms with Crippen molar-refractivity contribution in [2.24, 2.45) is 16.8 Å². The summed E-state index contributed by atoms with van der Waals surface area (Å²) < 4.78 is 25.0. The molecule has 0 bridgehead atoms. The van der Waals surface area contributed by atoms with Gasteiger partial charge in [-0.2, -0.15) is 0 Å². The second kappa shape index (κ2) is 9.27.